The van der Waals surface area contributed by atoms with Gasteiger partial charge in [0.25, 0.3) is 0 Å². The molecule has 0 aliphatic heterocycles. The molecule has 0 spiro atoms. The van der Waals surface area contributed by atoms with E-state index in [1.165, 1.54) is 11.3 Å². The van der Waals surface area contributed by atoms with E-state index >= 15 is 0 Å². The molecule has 0 saturated carbocycles. The maximum atomic E-state index is 11.3. The molecule has 0 unspecified atom stereocenters. The summed E-state index contributed by atoms with van der Waals surface area (Å²) < 4.78 is 0.821. The van der Waals surface area contributed by atoms with Crippen molar-refractivity contribution >= 4 is 32.9 Å². The minimum Gasteiger partial charge on any atom is -0.379 e. The summed E-state index contributed by atoms with van der Waals surface area (Å²) in [5, 5.41) is 14.4. The minimum absolute atomic E-state index is 0.0449. The van der Waals surface area contributed by atoms with E-state index in [1.54, 1.807) is 24.0 Å². The van der Waals surface area contributed by atoms with Crippen molar-refractivity contribution < 1.29 is 4.92 Å². The summed E-state index contributed by atoms with van der Waals surface area (Å²) in [6.45, 7) is 0.612. The zero-order chi connectivity index (χ0) is 14.7. The predicted octanol–water partition coefficient (Wildman–Crippen LogP) is 3.25. The van der Waals surface area contributed by atoms with Gasteiger partial charge in [-0.15, -0.1) is 11.3 Å². The van der Waals surface area contributed by atoms with Gasteiger partial charge in [-0.05, 0) is 36.2 Å². The average Bonchev–Trinajstić information content (AvgIpc) is 2.96. The van der Waals surface area contributed by atoms with Gasteiger partial charge >= 0.3 is 5.69 Å². The van der Waals surface area contributed by atoms with Gasteiger partial charge in [0.15, 0.2) is 5.52 Å². The molecule has 2 heterocycles. The lowest BCUT2D eigenvalue weighted by atomic mass is 10.2. The molecule has 0 aliphatic rings. The van der Waals surface area contributed by atoms with Crippen LogP contribution in [0.2, 0.25) is 0 Å². The lowest BCUT2D eigenvalue weighted by Gasteiger charge is -2.07. The number of anilines is 1. The van der Waals surface area contributed by atoms with Crippen LogP contribution < -0.4 is 5.32 Å². The molecule has 7 heteroatoms. The van der Waals surface area contributed by atoms with Gasteiger partial charge in [0.1, 0.15) is 5.69 Å². The van der Waals surface area contributed by atoms with Crippen LogP contribution in [-0.2, 0) is 6.42 Å². The fourth-order valence-electron chi connectivity index (χ4n) is 2.14. The smallest absolute Gasteiger partial charge is 0.319 e. The Balaban J connectivity index is 1.80. The first-order chi connectivity index (χ1) is 10.3. The highest BCUT2D eigenvalue weighted by molar-refractivity contribution is 7.16. The van der Waals surface area contributed by atoms with E-state index in [0.717, 1.165) is 16.7 Å². The van der Waals surface area contributed by atoms with Crippen molar-refractivity contribution in [3.8, 4) is 0 Å². The van der Waals surface area contributed by atoms with Crippen molar-refractivity contribution in [2.75, 3.05) is 11.9 Å². The molecule has 1 N–H and O–H groups in total. The molecule has 0 bridgehead atoms. The Morgan fingerprint density at radius 2 is 2.05 bits per heavy atom. The maximum Gasteiger partial charge on any atom is 0.319 e. The topological polar surface area (TPSA) is 81.0 Å². The first-order valence-corrected chi connectivity index (χ1v) is 7.27. The third-order valence-electron chi connectivity index (χ3n) is 3.14. The molecule has 0 saturated heterocycles. The van der Waals surface area contributed by atoms with Crippen LogP contribution in [0.25, 0.3) is 10.2 Å². The Bertz CT molecular complexity index is 773. The van der Waals surface area contributed by atoms with Crippen LogP contribution >= 0.6 is 11.3 Å². The molecule has 2 aromatic heterocycles. The molecule has 106 valence electrons. The largest absolute Gasteiger partial charge is 0.379 e. The number of rotatable bonds is 5. The number of aromatic nitrogens is 2. The number of pyridine rings is 1. The number of nitrogens with one attached hydrogen (secondary N) is 1. The van der Waals surface area contributed by atoms with E-state index in [-0.39, 0.29) is 10.6 Å². The lowest BCUT2D eigenvalue weighted by Crippen LogP contribution is -2.07. The summed E-state index contributed by atoms with van der Waals surface area (Å²) in [7, 11) is 0. The van der Waals surface area contributed by atoms with Crippen molar-refractivity contribution in [1.82, 2.24) is 9.97 Å². The van der Waals surface area contributed by atoms with E-state index in [9.17, 15) is 10.1 Å². The zero-order valence-electron chi connectivity index (χ0n) is 11.0. The average molecular weight is 300 g/mol. The van der Waals surface area contributed by atoms with E-state index in [2.05, 4.69) is 15.3 Å². The van der Waals surface area contributed by atoms with Gasteiger partial charge in [-0.2, -0.15) is 0 Å². The fraction of sp³-hybridized carbons (Fsp3) is 0.143. The van der Waals surface area contributed by atoms with Crippen LogP contribution in [0.15, 0.2) is 42.2 Å². The van der Waals surface area contributed by atoms with Crippen LogP contribution in [0.5, 0.6) is 0 Å². The molecule has 3 aromatic rings. The maximum absolute atomic E-state index is 11.3. The Morgan fingerprint density at radius 3 is 2.81 bits per heavy atom. The molecule has 1 aromatic carbocycles. The number of hydrogen-bond acceptors (Lipinski definition) is 6. The molecule has 0 radical (unpaired) electrons. The highest BCUT2D eigenvalue weighted by atomic mass is 32.1. The van der Waals surface area contributed by atoms with Gasteiger partial charge in [-0.25, -0.2) is 4.98 Å². The highest BCUT2D eigenvalue weighted by Crippen LogP contribution is 2.34. The minimum atomic E-state index is -0.378. The summed E-state index contributed by atoms with van der Waals surface area (Å²) in [5.74, 6) is 0. The van der Waals surface area contributed by atoms with Gasteiger partial charge in [0, 0.05) is 18.9 Å². The van der Waals surface area contributed by atoms with E-state index < -0.39 is 0 Å². The third kappa shape index (κ3) is 2.82. The van der Waals surface area contributed by atoms with Gasteiger partial charge < -0.3 is 5.32 Å². The standard InChI is InChI=1S/C14H12N4O2S/c19-18(20)14-11(1-2-12-13(14)17-9-21-12)16-8-5-10-3-6-15-7-4-10/h1-4,6-7,9,16H,5,8H2. The van der Waals surface area contributed by atoms with Crippen molar-refractivity contribution in [2.24, 2.45) is 0 Å². The van der Waals surface area contributed by atoms with Gasteiger partial charge in [0.05, 0.1) is 15.1 Å². The molecule has 0 aliphatic carbocycles. The van der Waals surface area contributed by atoms with E-state index in [1.807, 2.05) is 18.2 Å². The number of thiazole rings is 1. The third-order valence-corrected chi connectivity index (χ3v) is 3.93. The molecular weight excluding hydrogens is 288 g/mol. The SMILES string of the molecule is O=[N+]([O-])c1c(NCCc2ccncc2)ccc2scnc12. The second-order valence-electron chi connectivity index (χ2n) is 4.45. The highest BCUT2D eigenvalue weighted by Gasteiger charge is 2.20. The van der Waals surface area contributed by atoms with Crippen molar-refractivity contribution in [1.29, 1.82) is 0 Å². The molecule has 0 amide bonds. The normalized spacial score (nSPS) is 10.7. The van der Waals surface area contributed by atoms with Gasteiger partial charge in [-0.1, -0.05) is 0 Å². The Labute approximate surface area is 124 Å². The Hall–Kier alpha value is -2.54. The van der Waals surface area contributed by atoms with Crippen LogP contribution in [0, 0.1) is 10.1 Å². The number of nitro benzene ring substituents is 1. The monoisotopic (exact) mass is 300 g/mol. The number of nitro groups is 1. The van der Waals surface area contributed by atoms with Crippen molar-refractivity contribution in [2.45, 2.75) is 6.42 Å². The van der Waals surface area contributed by atoms with Crippen LogP contribution in [0.3, 0.4) is 0 Å². The first kappa shape index (κ1) is 13.4. The van der Waals surface area contributed by atoms with E-state index in [0.29, 0.717) is 17.7 Å². The number of hydrogen-bond donors (Lipinski definition) is 1. The second kappa shape index (κ2) is 5.84. The summed E-state index contributed by atoms with van der Waals surface area (Å²) >= 11 is 1.40. The van der Waals surface area contributed by atoms with Crippen LogP contribution in [0.1, 0.15) is 5.56 Å². The molecule has 3 rings (SSSR count). The quantitative estimate of drug-likeness (QED) is 0.578. The summed E-state index contributed by atoms with van der Waals surface area (Å²) in [6.07, 6.45) is 4.24. The summed E-state index contributed by atoms with van der Waals surface area (Å²) in [6, 6.07) is 7.46. The zero-order valence-corrected chi connectivity index (χ0v) is 11.8. The van der Waals surface area contributed by atoms with E-state index in [4.69, 9.17) is 0 Å². The Kier molecular flexibility index (Phi) is 3.74. The molecule has 6 nitrogen and oxygen atoms in total. The summed E-state index contributed by atoms with van der Waals surface area (Å²) in [4.78, 5) is 19.0. The van der Waals surface area contributed by atoms with Gasteiger partial charge in [-0.3, -0.25) is 15.1 Å². The lowest BCUT2D eigenvalue weighted by molar-refractivity contribution is -0.382. The molecule has 0 atom stereocenters. The Morgan fingerprint density at radius 1 is 1.24 bits per heavy atom. The fourth-order valence-corrected chi connectivity index (χ4v) is 2.81. The number of nitrogens with zero attached hydrogens (tertiary/aromatic N) is 3. The van der Waals surface area contributed by atoms with Crippen LogP contribution in [0.4, 0.5) is 11.4 Å². The molecule has 0 fully saturated rings. The van der Waals surface area contributed by atoms with Gasteiger partial charge in [0.2, 0.25) is 0 Å². The summed E-state index contributed by atoms with van der Waals surface area (Å²) in [5.41, 5.74) is 3.75. The van der Waals surface area contributed by atoms with Crippen LogP contribution in [-0.4, -0.2) is 21.4 Å². The first-order valence-electron chi connectivity index (χ1n) is 6.39. The molecule has 21 heavy (non-hydrogen) atoms. The van der Waals surface area contributed by atoms with Crippen molar-refractivity contribution in [3.05, 3.63) is 57.8 Å². The molecular formula is C14H12N4O2S. The van der Waals surface area contributed by atoms with Crippen molar-refractivity contribution in [3.63, 3.8) is 0 Å². The number of benzene rings is 1. The second-order valence-corrected chi connectivity index (χ2v) is 5.34. The predicted molar refractivity (Wildman–Crippen MR) is 82.7 cm³/mol. The number of fused-ring (bicyclic) bond motifs is 1.